The second-order valence-corrected chi connectivity index (χ2v) is 4.94. The van der Waals surface area contributed by atoms with Gasteiger partial charge in [-0.15, -0.1) is 0 Å². The summed E-state index contributed by atoms with van der Waals surface area (Å²) in [7, 11) is 0. The Morgan fingerprint density at radius 3 is 2.44 bits per heavy atom. The van der Waals surface area contributed by atoms with E-state index in [2.05, 4.69) is 63.4 Å². The first kappa shape index (κ1) is 14.8. The number of rotatable bonds is 7. The molecule has 0 spiro atoms. The largest absolute Gasteiger partial charge is 0.359 e. The summed E-state index contributed by atoms with van der Waals surface area (Å²) < 4.78 is 0. The summed E-state index contributed by atoms with van der Waals surface area (Å²) in [5.74, 6) is 0.766. The lowest BCUT2D eigenvalue weighted by molar-refractivity contribution is 0.653. The smallest absolute Gasteiger partial charge is 0.0341 e. The molecule has 0 heterocycles. The molecule has 0 aromatic heterocycles. The van der Waals surface area contributed by atoms with Crippen molar-refractivity contribution in [1.29, 1.82) is 0 Å². The molecule has 1 nitrogen and oxygen atoms in total. The molecule has 0 bridgehead atoms. The average Bonchev–Trinajstić information content (AvgIpc) is 2.32. The van der Waals surface area contributed by atoms with Gasteiger partial charge in [-0.05, 0) is 37.7 Å². The topological polar surface area (TPSA) is 12.0 Å². The molecule has 0 saturated heterocycles. The third-order valence-corrected chi connectivity index (χ3v) is 3.09. The van der Waals surface area contributed by atoms with Crippen molar-refractivity contribution in [2.75, 3.05) is 0 Å². The van der Waals surface area contributed by atoms with Gasteiger partial charge in [-0.25, -0.2) is 0 Å². The molecule has 0 saturated carbocycles. The van der Waals surface area contributed by atoms with Crippen molar-refractivity contribution in [3.63, 3.8) is 0 Å². The maximum absolute atomic E-state index is 3.53. The molecule has 1 unspecified atom stereocenters. The molecule has 1 aliphatic carbocycles. The standard InChI is InChI=1S/C17H27N/c1-5-8-16(7-3)18-17(9-6-2)11-10-15-12-14(4)13-15/h8-12,14,18H,5-7,13H2,1-4H3/b11-10-,16-8+,17-9+. The van der Waals surface area contributed by atoms with Gasteiger partial charge in [-0.2, -0.15) is 0 Å². The Labute approximate surface area is 112 Å². The van der Waals surface area contributed by atoms with Crippen molar-refractivity contribution >= 4 is 0 Å². The van der Waals surface area contributed by atoms with Gasteiger partial charge in [-0.3, -0.25) is 0 Å². The van der Waals surface area contributed by atoms with Crippen LogP contribution in [0.4, 0.5) is 0 Å². The molecule has 0 aliphatic heterocycles. The van der Waals surface area contributed by atoms with Crippen LogP contribution in [-0.4, -0.2) is 0 Å². The number of hydrogen-bond acceptors (Lipinski definition) is 1. The molecule has 0 aromatic carbocycles. The second kappa shape index (κ2) is 7.97. The van der Waals surface area contributed by atoms with Gasteiger partial charge in [0.1, 0.15) is 0 Å². The zero-order valence-electron chi connectivity index (χ0n) is 12.3. The lowest BCUT2D eigenvalue weighted by Crippen LogP contribution is -2.11. The van der Waals surface area contributed by atoms with E-state index in [1.165, 1.54) is 23.4 Å². The average molecular weight is 245 g/mol. The van der Waals surface area contributed by atoms with E-state index < -0.39 is 0 Å². The van der Waals surface area contributed by atoms with E-state index in [0.717, 1.165) is 25.2 Å². The molecule has 1 atom stereocenters. The molecule has 1 rings (SSSR count). The number of allylic oxidation sites excluding steroid dienone is 7. The molecule has 1 heteroatoms. The van der Waals surface area contributed by atoms with Gasteiger partial charge < -0.3 is 5.32 Å². The Kier molecular flexibility index (Phi) is 6.56. The normalized spacial score (nSPS) is 20.9. The highest BCUT2D eigenvalue weighted by molar-refractivity contribution is 5.33. The minimum Gasteiger partial charge on any atom is -0.359 e. The minimum absolute atomic E-state index is 0.766. The lowest BCUT2D eigenvalue weighted by Gasteiger charge is -2.19. The second-order valence-electron chi connectivity index (χ2n) is 4.94. The zero-order valence-corrected chi connectivity index (χ0v) is 12.3. The van der Waals surface area contributed by atoms with Crippen LogP contribution in [-0.2, 0) is 0 Å². The highest BCUT2D eigenvalue weighted by Gasteiger charge is 2.10. The predicted octanol–water partition coefficient (Wildman–Crippen LogP) is 5.10. The molecule has 0 amide bonds. The summed E-state index contributed by atoms with van der Waals surface area (Å²) in [5.41, 5.74) is 4.00. The fraction of sp³-hybridized carbons (Fsp3) is 0.529. The van der Waals surface area contributed by atoms with Crippen LogP contribution in [0, 0.1) is 5.92 Å². The quantitative estimate of drug-likeness (QED) is 0.616. The maximum atomic E-state index is 3.53. The SMILES string of the molecule is CC/C=C(\C=C/C1=CC(C)C1)N/C(=C/CC)CC. The van der Waals surface area contributed by atoms with Crippen LogP contribution >= 0.6 is 0 Å². The fourth-order valence-electron chi connectivity index (χ4n) is 2.12. The van der Waals surface area contributed by atoms with Gasteiger partial charge in [0.15, 0.2) is 0 Å². The molecule has 0 fully saturated rings. The molecule has 1 aliphatic rings. The molecule has 0 radical (unpaired) electrons. The Hall–Kier alpha value is -1.24. The molecule has 100 valence electrons. The monoisotopic (exact) mass is 245 g/mol. The van der Waals surface area contributed by atoms with E-state index in [4.69, 9.17) is 0 Å². The van der Waals surface area contributed by atoms with Crippen molar-refractivity contribution in [3.05, 3.63) is 47.3 Å². The van der Waals surface area contributed by atoms with E-state index in [1.807, 2.05) is 0 Å². The lowest BCUT2D eigenvalue weighted by atomic mass is 9.88. The van der Waals surface area contributed by atoms with Crippen LogP contribution in [0.1, 0.15) is 53.4 Å². The highest BCUT2D eigenvalue weighted by atomic mass is 14.9. The molecule has 1 N–H and O–H groups in total. The summed E-state index contributed by atoms with van der Waals surface area (Å²) in [4.78, 5) is 0. The van der Waals surface area contributed by atoms with Gasteiger partial charge in [0.25, 0.3) is 0 Å². The number of nitrogens with one attached hydrogen (secondary N) is 1. The van der Waals surface area contributed by atoms with Crippen molar-refractivity contribution in [1.82, 2.24) is 5.32 Å². The van der Waals surface area contributed by atoms with E-state index in [1.54, 1.807) is 0 Å². The summed E-state index contributed by atoms with van der Waals surface area (Å²) in [5, 5.41) is 3.53. The summed E-state index contributed by atoms with van der Waals surface area (Å²) in [6, 6.07) is 0. The third-order valence-electron chi connectivity index (χ3n) is 3.09. The van der Waals surface area contributed by atoms with Gasteiger partial charge in [0.05, 0.1) is 0 Å². The highest BCUT2D eigenvalue weighted by Crippen LogP contribution is 2.26. The van der Waals surface area contributed by atoms with Gasteiger partial charge in [0.2, 0.25) is 0 Å². The molecular formula is C17H27N. The van der Waals surface area contributed by atoms with Crippen LogP contribution < -0.4 is 5.32 Å². The fourth-order valence-corrected chi connectivity index (χ4v) is 2.12. The van der Waals surface area contributed by atoms with Crippen LogP contribution in [0.15, 0.2) is 47.3 Å². The zero-order chi connectivity index (χ0) is 13.4. The predicted molar refractivity (Wildman–Crippen MR) is 81.2 cm³/mol. The third kappa shape index (κ3) is 4.95. The Balaban J connectivity index is 2.63. The molecule has 18 heavy (non-hydrogen) atoms. The van der Waals surface area contributed by atoms with Crippen molar-refractivity contribution in [2.24, 2.45) is 5.92 Å². The molecular weight excluding hydrogens is 218 g/mol. The Morgan fingerprint density at radius 2 is 1.94 bits per heavy atom. The summed E-state index contributed by atoms with van der Waals surface area (Å²) in [6.07, 6.45) is 15.7. The van der Waals surface area contributed by atoms with Gasteiger partial charge >= 0.3 is 0 Å². The van der Waals surface area contributed by atoms with Crippen molar-refractivity contribution < 1.29 is 0 Å². The van der Waals surface area contributed by atoms with Crippen LogP contribution in [0.2, 0.25) is 0 Å². The van der Waals surface area contributed by atoms with E-state index >= 15 is 0 Å². The maximum Gasteiger partial charge on any atom is 0.0341 e. The van der Waals surface area contributed by atoms with Crippen molar-refractivity contribution in [3.8, 4) is 0 Å². The first-order valence-corrected chi connectivity index (χ1v) is 7.24. The Morgan fingerprint density at radius 1 is 1.28 bits per heavy atom. The summed E-state index contributed by atoms with van der Waals surface area (Å²) >= 11 is 0. The van der Waals surface area contributed by atoms with Gasteiger partial charge in [0, 0.05) is 11.4 Å². The van der Waals surface area contributed by atoms with Crippen LogP contribution in [0.5, 0.6) is 0 Å². The summed E-state index contributed by atoms with van der Waals surface area (Å²) in [6.45, 7) is 8.81. The molecule has 0 aromatic rings. The van der Waals surface area contributed by atoms with Crippen molar-refractivity contribution in [2.45, 2.75) is 53.4 Å². The Bertz CT molecular complexity index is 369. The first-order valence-electron chi connectivity index (χ1n) is 7.24. The van der Waals surface area contributed by atoms with E-state index in [0.29, 0.717) is 0 Å². The van der Waals surface area contributed by atoms with E-state index in [-0.39, 0.29) is 0 Å². The van der Waals surface area contributed by atoms with Crippen LogP contribution in [0.25, 0.3) is 0 Å². The number of hydrogen-bond donors (Lipinski definition) is 1. The minimum atomic E-state index is 0.766. The van der Waals surface area contributed by atoms with E-state index in [9.17, 15) is 0 Å². The van der Waals surface area contributed by atoms with Crippen LogP contribution in [0.3, 0.4) is 0 Å². The van der Waals surface area contributed by atoms with Gasteiger partial charge in [-0.1, -0.05) is 57.6 Å². The first-order chi connectivity index (χ1) is 8.69.